The van der Waals surface area contributed by atoms with E-state index in [1.54, 1.807) is 0 Å². The van der Waals surface area contributed by atoms with Crippen LogP contribution >= 0.6 is 34.9 Å². The van der Waals surface area contributed by atoms with Gasteiger partial charge in [-0.15, -0.1) is 33.3 Å². The highest BCUT2D eigenvalue weighted by atomic mass is 32.2. The van der Waals surface area contributed by atoms with Crippen LogP contribution in [0.2, 0.25) is 0 Å². The fourth-order valence-electron chi connectivity index (χ4n) is 3.41. The van der Waals surface area contributed by atoms with Crippen LogP contribution in [-0.4, -0.2) is 89.5 Å². The fourth-order valence-corrected chi connectivity index (χ4v) is 6.53. The number of hydrogen-bond acceptors (Lipinski definition) is 14. The molecule has 0 aromatic carbocycles. The third-order valence-corrected chi connectivity index (χ3v) is 8.30. The van der Waals surface area contributed by atoms with Gasteiger partial charge < -0.3 is 26.7 Å². The van der Waals surface area contributed by atoms with Crippen LogP contribution < -0.4 is 16.8 Å². The molecule has 2 aromatic rings. The summed E-state index contributed by atoms with van der Waals surface area (Å²) in [6.45, 7) is 0. The zero-order chi connectivity index (χ0) is 26.1. The van der Waals surface area contributed by atoms with Crippen LogP contribution in [0.4, 0.5) is 5.13 Å². The number of fused-ring (bicyclic) bond motifs is 1. The molecular weight excluding hydrogens is 536 g/mol. The number of carboxylic acid groups (broad SMARTS) is 1. The zero-order valence-electron chi connectivity index (χ0n) is 18.5. The number of nitrogen functional groups attached to an aromatic ring is 1. The first-order chi connectivity index (χ1) is 17.1. The quantitative estimate of drug-likeness (QED) is 0.153. The molecule has 2 aliphatic rings. The third-order valence-electron chi connectivity index (χ3n) is 4.93. The van der Waals surface area contributed by atoms with Crippen molar-refractivity contribution in [1.29, 1.82) is 0 Å². The van der Waals surface area contributed by atoms with Gasteiger partial charge in [0.1, 0.15) is 18.8 Å². The van der Waals surface area contributed by atoms with E-state index in [0.29, 0.717) is 0 Å². The highest BCUT2D eigenvalue weighted by Gasteiger charge is 2.54. The third kappa shape index (κ3) is 4.71. The van der Waals surface area contributed by atoms with Gasteiger partial charge in [0.05, 0.1) is 17.3 Å². The minimum absolute atomic E-state index is 0.00248. The molecule has 3 atom stereocenters. The normalized spacial score (nSPS) is 20.4. The summed E-state index contributed by atoms with van der Waals surface area (Å²) in [5.74, 6) is -3.35. The lowest BCUT2D eigenvalue weighted by atomic mass is 9.95. The van der Waals surface area contributed by atoms with E-state index in [1.165, 1.54) is 19.5 Å². The van der Waals surface area contributed by atoms with Crippen molar-refractivity contribution in [3.63, 3.8) is 0 Å². The van der Waals surface area contributed by atoms with Gasteiger partial charge in [0.25, 0.3) is 11.8 Å². The first-order valence-electron chi connectivity index (χ1n) is 9.89. The predicted octanol–water partition coefficient (Wildman–Crippen LogP) is -1.74. The molecule has 3 unspecified atom stereocenters. The first kappa shape index (κ1) is 25.4. The average molecular weight is 555 g/mol. The second-order valence-corrected chi connectivity index (χ2v) is 10.5. The molecule has 4 rings (SSSR count). The van der Waals surface area contributed by atoms with Crippen LogP contribution in [-0.2, 0) is 31.1 Å². The molecule has 2 aromatic heterocycles. The minimum atomic E-state index is -1.39. The number of carboxylic acids is 1. The number of aryl methyl sites for hydroxylation is 1. The van der Waals surface area contributed by atoms with Crippen LogP contribution in [0.15, 0.2) is 20.5 Å². The molecule has 0 saturated carbocycles. The number of hydrogen-bond donors (Lipinski definition) is 4. The van der Waals surface area contributed by atoms with Gasteiger partial charge in [-0.3, -0.25) is 19.3 Å². The van der Waals surface area contributed by atoms with Crippen molar-refractivity contribution >= 4 is 69.4 Å². The summed E-state index contributed by atoms with van der Waals surface area (Å²) in [6.07, 6.45) is 0. The summed E-state index contributed by atoms with van der Waals surface area (Å²) >= 11 is 3.02. The maximum atomic E-state index is 13.0. The largest absolute Gasteiger partial charge is 0.477 e. The summed E-state index contributed by atoms with van der Waals surface area (Å²) in [5, 5.41) is 28.1. The second kappa shape index (κ2) is 10.1. The van der Waals surface area contributed by atoms with E-state index in [0.717, 1.165) is 44.6 Å². The molecule has 16 nitrogen and oxygen atoms in total. The molecule has 190 valence electrons. The van der Waals surface area contributed by atoms with Crippen LogP contribution in [0, 0.1) is 0 Å². The Balaban J connectivity index is 1.55. The van der Waals surface area contributed by atoms with Crippen molar-refractivity contribution in [2.45, 2.75) is 17.3 Å². The van der Waals surface area contributed by atoms with Crippen LogP contribution in [0.3, 0.4) is 0 Å². The SMILES string of the molecule is CON=C(C(=O)NC1C(=O)N2C(C(=O)O)=C(SC(C(N)=O)c3nnn(C)n3)SCC12)c1csc(N)n1. The second-order valence-electron chi connectivity index (χ2n) is 7.21. The topological polar surface area (TPSA) is 234 Å². The Morgan fingerprint density at radius 3 is 2.72 bits per heavy atom. The smallest absolute Gasteiger partial charge is 0.354 e. The maximum absolute atomic E-state index is 13.0. The molecule has 2 aliphatic heterocycles. The summed E-state index contributed by atoms with van der Waals surface area (Å²) in [5.41, 5.74) is 10.8. The zero-order valence-corrected chi connectivity index (χ0v) is 21.0. The van der Waals surface area contributed by atoms with E-state index < -0.39 is 41.0 Å². The van der Waals surface area contributed by atoms with Gasteiger partial charge in [-0.2, -0.15) is 4.80 Å². The minimum Gasteiger partial charge on any atom is -0.477 e. The number of primary amides is 1. The van der Waals surface area contributed by atoms with E-state index in [1.807, 2.05) is 0 Å². The number of oxime groups is 1. The molecule has 0 aliphatic carbocycles. The molecule has 1 saturated heterocycles. The number of rotatable bonds is 9. The van der Waals surface area contributed by atoms with E-state index in [9.17, 15) is 24.3 Å². The van der Waals surface area contributed by atoms with E-state index >= 15 is 0 Å². The van der Waals surface area contributed by atoms with Gasteiger partial charge in [0.15, 0.2) is 27.6 Å². The summed E-state index contributed by atoms with van der Waals surface area (Å²) < 4.78 is 0.174. The Bertz CT molecular complexity index is 1310. The first-order valence-corrected chi connectivity index (χ1v) is 12.6. The highest BCUT2D eigenvalue weighted by Crippen LogP contribution is 2.47. The number of carbonyl (C=O) groups is 4. The number of nitrogens with one attached hydrogen (secondary N) is 1. The number of nitrogens with two attached hydrogens (primary N) is 2. The van der Waals surface area contributed by atoms with Crippen LogP contribution in [0.1, 0.15) is 16.8 Å². The lowest BCUT2D eigenvalue weighted by Gasteiger charge is -2.49. The fraction of sp³-hybridized carbons (Fsp3) is 0.353. The number of thiazole rings is 1. The Morgan fingerprint density at radius 1 is 1.42 bits per heavy atom. The predicted molar refractivity (Wildman–Crippen MR) is 128 cm³/mol. The van der Waals surface area contributed by atoms with E-state index in [-0.39, 0.29) is 38.0 Å². The van der Waals surface area contributed by atoms with Gasteiger partial charge in [-0.25, -0.2) is 9.78 Å². The van der Waals surface area contributed by atoms with Gasteiger partial charge in [0, 0.05) is 11.1 Å². The number of carbonyl (C=O) groups excluding carboxylic acids is 3. The van der Waals surface area contributed by atoms with Crippen molar-refractivity contribution < 1.29 is 29.1 Å². The van der Waals surface area contributed by atoms with Crippen molar-refractivity contribution in [3.05, 3.63) is 26.8 Å². The molecule has 6 N–H and O–H groups in total. The molecule has 0 bridgehead atoms. The van der Waals surface area contributed by atoms with Crippen LogP contribution in [0.25, 0.3) is 0 Å². The van der Waals surface area contributed by atoms with Crippen molar-refractivity contribution in [3.8, 4) is 0 Å². The average Bonchev–Trinajstić information content (AvgIpc) is 3.46. The monoisotopic (exact) mass is 554 g/mol. The molecule has 4 heterocycles. The van der Waals surface area contributed by atoms with Crippen LogP contribution in [0.5, 0.6) is 0 Å². The lowest BCUT2D eigenvalue weighted by Crippen LogP contribution is -2.72. The summed E-state index contributed by atoms with van der Waals surface area (Å²) in [6, 6.07) is -1.68. The number of thioether (sulfide) groups is 2. The Hall–Kier alpha value is -3.71. The van der Waals surface area contributed by atoms with Gasteiger partial charge >= 0.3 is 5.97 Å². The van der Waals surface area contributed by atoms with Crippen molar-refractivity contribution in [2.24, 2.45) is 17.9 Å². The lowest BCUT2D eigenvalue weighted by molar-refractivity contribution is -0.153. The van der Waals surface area contributed by atoms with Crippen molar-refractivity contribution in [1.82, 2.24) is 35.4 Å². The Morgan fingerprint density at radius 2 is 2.17 bits per heavy atom. The van der Waals surface area contributed by atoms with Gasteiger partial charge in [-0.1, -0.05) is 16.9 Å². The summed E-state index contributed by atoms with van der Waals surface area (Å²) in [7, 11) is 2.75. The Labute approximate surface area is 214 Å². The molecule has 1 fully saturated rings. The number of tetrazole rings is 1. The highest BCUT2D eigenvalue weighted by molar-refractivity contribution is 8.22. The van der Waals surface area contributed by atoms with Gasteiger partial charge in [-0.05, 0) is 5.21 Å². The number of anilines is 1. The summed E-state index contributed by atoms with van der Waals surface area (Å²) in [4.78, 5) is 60.9. The molecule has 3 amide bonds. The number of aliphatic carboxylic acids is 1. The number of β-lactam (4-membered cyclic amide) rings is 1. The molecule has 0 radical (unpaired) electrons. The molecule has 19 heteroatoms. The molecular formula is C17H18N10O6S3. The molecule has 36 heavy (non-hydrogen) atoms. The standard InChI is InChI=1S/C17H18N10O6S3/c1-26-23-12(22-25-26)10(11(18)28)36-16-9(15(31)32)27-6(4-34-16)8(14(27)30)21-13(29)7(24-33-2)5-3-35-17(19)20-5/h3,6,8,10H,4H2,1-2H3,(H2,18,28)(H2,19,20)(H,21,29)(H,31,32). The van der Waals surface area contributed by atoms with E-state index in [2.05, 4.69) is 30.9 Å². The van der Waals surface area contributed by atoms with E-state index in [4.69, 9.17) is 16.3 Å². The van der Waals surface area contributed by atoms with Crippen molar-refractivity contribution in [2.75, 3.05) is 18.6 Å². The maximum Gasteiger partial charge on any atom is 0.354 e. The number of nitrogens with zero attached hydrogens (tertiary/aromatic N) is 7. The molecule has 0 spiro atoms. The number of aromatic nitrogens is 5. The number of amides is 3. The Kier molecular flexibility index (Phi) is 7.13. The van der Waals surface area contributed by atoms with Gasteiger partial charge in [0.2, 0.25) is 5.91 Å².